The Kier molecular flexibility index (Phi) is 2.52. The smallest absolute Gasteiger partial charge is 0.255 e. The molecule has 4 nitrogen and oxygen atoms in total. The van der Waals surface area contributed by atoms with Crippen molar-refractivity contribution in [2.24, 2.45) is 0 Å². The van der Waals surface area contributed by atoms with Crippen molar-refractivity contribution in [1.29, 1.82) is 0 Å². The van der Waals surface area contributed by atoms with E-state index in [-0.39, 0.29) is 12.0 Å². The molecule has 2 heterocycles. The van der Waals surface area contributed by atoms with E-state index in [0.29, 0.717) is 23.3 Å². The van der Waals surface area contributed by atoms with Crippen LogP contribution in [0.5, 0.6) is 0 Å². The quantitative estimate of drug-likeness (QED) is 0.752. The normalized spacial score (nSPS) is 16.6. The number of carbonyl (C=O) groups is 1. The zero-order chi connectivity index (χ0) is 10.1. The van der Waals surface area contributed by atoms with E-state index in [1.54, 1.807) is 17.0 Å². The number of pyridine rings is 1. The summed E-state index contributed by atoms with van der Waals surface area (Å²) in [7, 11) is 0. The van der Waals surface area contributed by atoms with E-state index in [4.69, 9.17) is 5.11 Å². The lowest BCUT2D eigenvalue weighted by Crippen LogP contribution is -2.53. The number of amides is 1. The van der Waals surface area contributed by atoms with Gasteiger partial charge in [0.2, 0.25) is 0 Å². The van der Waals surface area contributed by atoms with Crippen molar-refractivity contribution in [2.45, 2.75) is 6.10 Å². The molecule has 0 radical (unpaired) electrons. The third-order valence-electron chi connectivity index (χ3n) is 2.12. The molecule has 1 aliphatic heterocycles. The number of hydrogen-bond donors (Lipinski definition) is 1. The van der Waals surface area contributed by atoms with Crippen molar-refractivity contribution < 1.29 is 9.90 Å². The number of aliphatic hydroxyl groups excluding tert-OH is 1. The number of aliphatic hydroxyl groups is 1. The first kappa shape index (κ1) is 9.61. The summed E-state index contributed by atoms with van der Waals surface area (Å²) in [5.74, 6) is -0.0738. The first-order valence-corrected chi connectivity index (χ1v) is 5.05. The molecule has 5 heteroatoms. The first-order valence-electron chi connectivity index (χ1n) is 4.26. The Hall–Kier alpha value is -0.940. The van der Waals surface area contributed by atoms with E-state index in [9.17, 15) is 4.79 Å². The van der Waals surface area contributed by atoms with Gasteiger partial charge in [-0.25, -0.2) is 4.98 Å². The molecule has 1 aromatic heterocycles. The Morgan fingerprint density at radius 2 is 2.29 bits per heavy atom. The predicted molar refractivity (Wildman–Crippen MR) is 53.8 cm³/mol. The molecule has 1 aliphatic rings. The standard InChI is InChI=1S/C9H9BrN2O2/c10-8-2-1-6(3-11-8)9(14)12-4-7(13)5-12/h1-3,7,13H,4-5H2. The summed E-state index contributed by atoms with van der Waals surface area (Å²) >= 11 is 3.20. The highest BCUT2D eigenvalue weighted by Gasteiger charge is 2.29. The van der Waals surface area contributed by atoms with Crippen LogP contribution in [0.4, 0.5) is 0 Å². The summed E-state index contributed by atoms with van der Waals surface area (Å²) in [4.78, 5) is 17.2. The van der Waals surface area contributed by atoms with Gasteiger partial charge in [-0.05, 0) is 28.1 Å². The third-order valence-corrected chi connectivity index (χ3v) is 2.59. The minimum absolute atomic E-state index is 0.0738. The summed E-state index contributed by atoms with van der Waals surface area (Å²) in [6, 6.07) is 3.44. The number of β-amino-alcohol motifs (C(OH)–C–C–N with tert-alkyl or cyclic N) is 1. The van der Waals surface area contributed by atoms with Gasteiger partial charge >= 0.3 is 0 Å². The Morgan fingerprint density at radius 3 is 2.79 bits per heavy atom. The molecule has 14 heavy (non-hydrogen) atoms. The number of halogens is 1. The number of aromatic nitrogens is 1. The average Bonchev–Trinajstić information content (AvgIpc) is 2.13. The van der Waals surface area contributed by atoms with Crippen LogP contribution >= 0.6 is 15.9 Å². The molecule has 2 rings (SSSR count). The van der Waals surface area contributed by atoms with Gasteiger partial charge in [-0.3, -0.25) is 4.79 Å². The van der Waals surface area contributed by atoms with E-state index < -0.39 is 0 Å². The summed E-state index contributed by atoms with van der Waals surface area (Å²) in [6.45, 7) is 0.851. The van der Waals surface area contributed by atoms with E-state index >= 15 is 0 Å². The van der Waals surface area contributed by atoms with E-state index in [1.807, 2.05) is 0 Å². The maximum absolute atomic E-state index is 11.6. The molecule has 1 saturated heterocycles. The Labute approximate surface area is 89.7 Å². The molecule has 0 saturated carbocycles. The van der Waals surface area contributed by atoms with E-state index in [1.165, 1.54) is 6.20 Å². The number of carbonyl (C=O) groups excluding carboxylic acids is 1. The topological polar surface area (TPSA) is 53.4 Å². The number of hydrogen-bond acceptors (Lipinski definition) is 3. The number of rotatable bonds is 1. The number of nitrogens with zero attached hydrogens (tertiary/aromatic N) is 2. The molecule has 1 amide bonds. The minimum atomic E-state index is -0.359. The average molecular weight is 257 g/mol. The Bertz CT molecular complexity index is 346. The molecule has 1 aromatic rings. The molecular formula is C9H9BrN2O2. The molecule has 0 aliphatic carbocycles. The van der Waals surface area contributed by atoms with Crippen LogP contribution in [0.3, 0.4) is 0 Å². The van der Waals surface area contributed by atoms with Gasteiger partial charge in [-0.1, -0.05) is 0 Å². The monoisotopic (exact) mass is 256 g/mol. The first-order chi connectivity index (χ1) is 6.66. The largest absolute Gasteiger partial charge is 0.389 e. The molecule has 0 atom stereocenters. The number of likely N-dealkylation sites (tertiary alicyclic amines) is 1. The summed E-state index contributed by atoms with van der Waals surface area (Å²) in [5.41, 5.74) is 0.556. The second-order valence-electron chi connectivity index (χ2n) is 3.23. The van der Waals surface area contributed by atoms with Crippen LogP contribution < -0.4 is 0 Å². The van der Waals surface area contributed by atoms with Crippen molar-refractivity contribution in [3.05, 3.63) is 28.5 Å². The van der Waals surface area contributed by atoms with Gasteiger partial charge in [-0.15, -0.1) is 0 Å². The maximum atomic E-state index is 11.6. The Balaban J connectivity index is 2.08. The highest BCUT2D eigenvalue weighted by atomic mass is 79.9. The fraction of sp³-hybridized carbons (Fsp3) is 0.333. The summed E-state index contributed by atoms with van der Waals surface area (Å²) in [5, 5.41) is 9.04. The van der Waals surface area contributed by atoms with Gasteiger partial charge in [0.25, 0.3) is 5.91 Å². The fourth-order valence-electron chi connectivity index (χ4n) is 1.31. The van der Waals surface area contributed by atoms with Crippen LogP contribution in [-0.4, -0.2) is 40.1 Å². The molecule has 0 aromatic carbocycles. The maximum Gasteiger partial charge on any atom is 0.255 e. The lowest BCUT2D eigenvalue weighted by Gasteiger charge is -2.35. The highest BCUT2D eigenvalue weighted by molar-refractivity contribution is 9.10. The van der Waals surface area contributed by atoms with Crippen molar-refractivity contribution in [2.75, 3.05) is 13.1 Å². The van der Waals surface area contributed by atoms with Crippen LogP contribution in [-0.2, 0) is 0 Å². The third kappa shape index (κ3) is 1.78. The van der Waals surface area contributed by atoms with Gasteiger partial charge in [0.15, 0.2) is 0 Å². The second-order valence-corrected chi connectivity index (χ2v) is 4.05. The van der Waals surface area contributed by atoms with Crippen molar-refractivity contribution in [3.8, 4) is 0 Å². The molecule has 0 bridgehead atoms. The summed E-state index contributed by atoms with van der Waals surface area (Å²) < 4.78 is 0.706. The van der Waals surface area contributed by atoms with Gasteiger partial charge < -0.3 is 10.0 Å². The van der Waals surface area contributed by atoms with Crippen molar-refractivity contribution in [1.82, 2.24) is 9.88 Å². The van der Waals surface area contributed by atoms with Gasteiger partial charge in [0, 0.05) is 19.3 Å². The second kappa shape index (κ2) is 3.67. The van der Waals surface area contributed by atoms with Crippen LogP contribution in [0.15, 0.2) is 22.9 Å². The lowest BCUT2D eigenvalue weighted by atomic mass is 10.1. The van der Waals surface area contributed by atoms with E-state index in [2.05, 4.69) is 20.9 Å². The van der Waals surface area contributed by atoms with Gasteiger partial charge in [0.05, 0.1) is 11.7 Å². The zero-order valence-corrected chi connectivity index (χ0v) is 8.94. The van der Waals surface area contributed by atoms with Gasteiger partial charge in [-0.2, -0.15) is 0 Å². The van der Waals surface area contributed by atoms with E-state index in [0.717, 1.165) is 0 Å². The van der Waals surface area contributed by atoms with Crippen molar-refractivity contribution in [3.63, 3.8) is 0 Å². The van der Waals surface area contributed by atoms with Crippen LogP contribution in [0, 0.1) is 0 Å². The van der Waals surface area contributed by atoms with Crippen LogP contribution in [0.2, 0.25) is 0 Å². The summed E-state index contributed by atoms with van der Waals surface area (Å²) in [6.07, 6.45) is 1.17. The molecule has 0 spiro atoms. The van der Waals surface area contributed by atoms with Crippen LogP contribution in [0.25, 0.3) is 0 Å². The predicted octanol–water partition coefficient (Wildman–Crippen LogP) is 0.661. The molecular weight excluding hydrogens is 248 g/mol. The zero-order valence-electron chi connectivity index (χ0n) is 7.35. The molecule has 0 unspecified atom stereocenters. The molecule has 1 fully saturated rings. The van der Waals surface area contributed by atoms with Gasteiger partial charge in [0.1, 0.15) is 4.60 Å². The lowest BCUT2D eigenvalue weighted by molar-refractivity contribution is 0.00586. The fourth-order valence-corrected chi connectivity index (χ4v) is 1.54. The van der Waals surface area contributed by atoms with Crippen LogP contribution in [0.1, 0.15) is 10.4 Å². The van der Waals surface area contributed by atoms with Crippen molar-refractivity contribution >= 4 is 21.8 Å². The Morgan fingerprint density at radius 1 is 1.57 bits per heavy atom. The highest BCUT2D eigenvalue weighted by Crippen LogP contribution is 2.13. The minimum Gasteiger partial charge on any atom is -0.389 e. The molecule has 1 N–H and O–H groups in total. The molecule has 74 valence electrons. The SMILES string of the molecule is O=C(c1ccc(Br)nc1)N1CC(O)C1.